The predicted molar refractivity (Wildman–Crippen MR) is 83.0 cm³/mol. The van der Waals surface area contributed by atoms with Crippen LogP contribution >= 0.6 is 0 Å². The van der Waals surface area contributed by atoms with E-state index < -0.39 is 12.1 Å². The molecule has 6 heteroatoms. The first-order valence-corrected chi connectivity index (χ1v) is 7.13. The molecule has 1 fully saturated rings. The third-order valence-electron chi connectivity index (χ3n) is 3.48. The van der Waals surface area contributed by atoms with Crippen LogP contribution in [-0.4, -0.2) is 36.4 Å². The van der Waals surface area contributed by atoms with Gasteiger partial charge in [0, 0.05) is 5.69 Å². The zero-order valence-electron chi connectivity index (χ0n) is 12.2. The van der Waals surface area contributed by atoms with Gasteiger partial charge in [0.1, 0.15) is 12.4 Å². The number of carbonyl (C=O) groups is 2. The summed E-state index contributed by atoms with van der Waals surface area (Å²) >= 11 is 0. The Balaban J connectivity index is 1.62. The fraction of sp³-hybridized carbons (Fsp3) is 0.176. The minimum Gasteiger partial charge on any atom is -0.490 e. The highest BCUT2D eigenvalue weighted by Crippen LogP contribution is 2.22. The molecule has 0 aliphatic carbocycles. The van der Waals surface area contributed by atoms with Gasteiger partial charge in [0.15, 0.2) is 6.10 Å². The second-order valence-electron chi connectivity index (χ2n) is 5.09. The molecule has 1 aliphatic rings. The van der Waals surface area contributed by atoms with E-state index in [2.05, 4.69) is 0 Å². The number of carboxylic acids is 1. The van der Waals surface area contributed by atoms with Crippen molar-refractivity contribution in [1.29, 1.82) is 0 Å². The number of hydrogen-bond acceptors (Lipinski definition) is 4. The Bertz CT molecular complexity index is 699. The zero-order valence-corrected chi connectivity index (χ0v) is 12.2. The molecule has 0 saturated carbocycles. The molecule has 23 heavy (non-hydrogen) atoms. The summed E-state index contributed by atoms with van der Waals surface area (Å²) in [7, 11) is 0. The van der Waals surface area contributed by atoms with Crippen molar-refractivity contribution in [3.05, 3.63) is 60.2 Å². The number of nitrogens with zero attached hydrogens (tertiary/aromatic N) is 1. The van der Waals surface area contributed by atoms with Crippen LogP contribution in [0.1, 0.15) is 10.4 Å². The number of ether oxygens (including phenoxy) is 2. The van der Waals surface area contributed by atoms with Gasteiger partial charge in [0.25, 0.3) is 0 Å². The Labute approximate surface area is 132 Å². The quantitative estimate of drug-likeness (QED) is 0.918. The number of para-hydroxylation sites is 1. The normalized spacial score (nSPS) is 17.0. The highest BCUT2D eigenvalue weighted by Gasteiger charge is 2.32. The van der Waals surface area contributed by atoms with Crippen LogP contribution in [0.2, 0.25) is 0 Å². The molecule has 1 heterocycles. The molecule has 0 aromatic heterocycles. The summed E-state index contributed by atoms with van der Waals surface area (Å²) in [5, 5.41) is 8.89. The number of cyclic esters (lactones) is 1. The smallest absolute Gasteiger partial charge is 0.414 e. The molecular weight excluding hydrogens is 298 g/mol. The third kappa shape index (κ3) is 3.42. The number of carbonyl (C=O) groups excluding carboxylic acids is 1. The van der Waals surface area contributed by atoms with Gasteiger partial charge in [-0.3, -0.25) is 4.90 Å². The van der Waals surface area contributed by atoms with E-state index in [0.717, 1.165) is 0 Å². The highest BCUT2D eigenvalue weighted by molar-refractivity contribution is 5.92. The Hall–Kier alpha value is -3.02. The molecule has 2 aromatic rings. The molecule has 118 valence electrons. The van der Waals surface area contributed by atoms with Crippen molar-refractivity contribution in [3.8, 4) is 5.75 Å². The molecular formula is C17H15NO5. The summed E-state index contributed by atoms with van der Waals surface area (Å²) in [6, 6.07) is 15.4. The first kappa shape index (κ1) is 14.9. The lowest BCUT2D eigenvalue weighted by molar-refractivity contribution is 0.0697. The Morgan fingerprint density at radius 2 is 1.87 bits per heavy atom. The maximum Gasteiger partial charge on any atom is 0.414 e. The van der Waals surface area contributed by atoms with Crippen LogP contribution in [0, 0.1) is 0 Å². The van der Waals surface area contributed by atoms with Gasteiger partial charge < -0.3 is 14.6 Å². The number of carboxylic acid groups (broad SMARTS) is 1. The van der Waals surface area contributed by atoms with Gasteiger partial charge in [-0.2, -0.15) is 0 Å². The van der Waals surface area contributed by atoms with E-state index in [4.69, 9.17) is 14.6 Å². The second-order valence-corrected chi connectivity index (χ2v) is 5.09. The number of amides is 1. The number of hydrogen-bond donors (Lipinski definition) is 1. The molecule has 1 N–H and O–H groups in total. The maximum absolute atomic E-state index is 11.9. The zero-order chi connectivity index (χ0) is 16.2. The van der Waals surface area contributed by atoms with Crippen LogP contribution < -0.4 is 9.64 Å². The molecule has 0 spiro atoms. The van der Waals surface area contributed by atoms with Gasteiger partial charge in [-0.25, -0.2) is 9.59 Å². The Morgan fingerprint density at radius 3 is 2.52 bits per heavy atom. The van der Waals surface area contributed by atoms with Crippen LogP contribution in [0.3, 0.4) is 0 Å². The molecule has 1 saturated heterocycles. The summed E-state index contributed by atoms with van der Waals surface area (Å²) in [4.78, 5) is 24.3. The van der Waals surface area contributed by atoms with Crippen LogP contribution in [0.15, 0.2) is 54.6 Å². The SMILES string of the molecule is O=C(O)c1ccc(N2CC(COc3ccccc3)OC2=O)cc1. The number of benzene rings is 2. The molecule has 1 atom stereocenters. The topological polar surface area (TPSA) is 76.1 Å². The molecule has 1 aliphatic heterocycles. The van der Waals surface area contributed by atoms with E-state index in [9.17, 15) is 9.59 Å². The predicted octanol–water partition coefficient (Wildman–Crippen LogP) is 2.79. The van der Waals surface area contributed by atoms with Crippen LogP contribution in [0.25, 0.3) is 0 Å². The Kier molecular flexibility index (Phi) is 4.14. The first-order chi connectivity index (χ1) is 11.1. The molecule has 1 amide bonds. The van der Waals surface area contributed by atoms with Gasteiger partial charge in [0.05, 0.1) is 12.1 Å². The molecule has 6 nitrogen and oxygen atoms in total. The van der Waals surface area contributed by atoms with Crippen molar-refractivity contribution in [3.63, 3.8) is 0 Å². The monoisotopic (exact) mass is 313 g/mol. The lowest BCUT2D eigenvalue weighted by atomic mass is 10.2. The van der Waals surface area contributed by atoms with Crippen molar-refractivity contribution >= 4 is 17.7 Å². The lowest BCUT2D eigenvalue weighted by Gasteiger charge is -2.13. The van der Waals surface area contributed by atoms with E-state index in [1.807, 2.05) is 30.3 Å². The number of anilines is 1. The summed E-state index contributed by atoms with van der Waals surface area (Å²) < 4.78 is 10.9. The molecule has 0 bridgehead atoms. The van der Waals surface area contributed by atoms with E-state index in [1.165, 1.54) is 17.0 Å². The van der Waals surface area contributed by atoms with E-state index in [0.29, 0.717) is 18.0 Å². The van der Waals surface area contributed by atoms with Gasteiger partial charge in [-0.1, -0.05) is 18.2 Å². The van der Waals surface area contributed by atoms with E-state index >= 15 is 0 Å². The van der Waals surface area contributed by atoms with Crippen molar-refractivity contribution in [2.75, 3.05) is 18.1 Å². The van der Waals surface area contributed by atoms with E-state index in [-0.39, 0.29) is 18.3 Å². The Morgan fingerprint density at radius 1 is 1.17 bits per heavy atom. The van der Waals surface area contributed by atoms with E-state index in [1.54, 1.807) is 12.1 Å². The fourth-order valence-corrected chi connectivity index (χ4v) is 2.31. The first-order valence-electron chi connectivity index (χ1n) is 7.13. The molecule has 0 radical (unpaired) electrons. The molecule has 1 unspecified atom stereocenters. The fourth-order valence-electron chi connectivity index (χ4n) is 2.31. The largest absolute Gasteiger partial charge is 0.490 e. The molecule has 3 rings (SSSR count). The minimum atomic E-state index is -1.00. The highest BCUT2D eigenvalue weighted by atomic mass is 16.6. The minimum absolute atomic E-state index is 0.172. The van der Waals surface area contributed by atoms with Gasteiger partial charge in [-0.05, 0) is 36.4 Å². The summed E-state index contributed by atoms with van der Waals surface area (Å²) in [6.07, 6.45) is -0.836. The van der Waals surface area contributed by atoms with Crippen LogP contribution in [-0.2, 0) is 4.74 Å². The number of rotatable bonds is 5. The standard InChI is InChI=1S/C17H15NO5/c19-16(20)12-6-8-13(9-7-12)18-10-15(23-17(18)21)11-22-14-4-2-1-3-5-14/h1-9,15H,10-11H2,(H,19,20). The van der Waals surface area contributed by atoms with Crippen molar-refractivity contribution in [2.24, 2.45) is 0 Å². The summed E-state index contributed by atoms with van der Waals surface area (Å²) in [5.41, 5.74) is 0.771. The summed E-state index contributed by atoms with van der Waals surface area (Å²) in [5.74, 6) is -0.289. The van der Waals surface area contributed by atoms with Gasteiger partial charge >= 0.3 is 12.1 Å². The average Bonchev–Trinajstić information content (AvgIpc) is 2.95. The van der Waals surface area contributed by atoms with Crippen molar-refractivity contribution in [1.82, 2.24) is 0 Å². The van der Waals surface area contributed by atoms with Gasteiger partial charge in [-0.15, -0.1) is 0 Å². The summed E-state index contributed by atoms with van der Waals surface area (Å²) in [6.45, 7) is 0.623. The molecule has 2 aromatic carbocycles. The van der Waals surface area contributed by atoms with Crippen molar-refractivity contribution < 1.29 is 24.2 Å². The second kappa shape index (κ2) is 6.39. The van der Waals surface area contributed by atoms with Gasteiger partial charge in [0.2, 0.25) is 0 Å². The van der Waals surface area contributed by atoms with Crippen molar-refractivity contribution in [2.45, 2.75) is 6.10 Å². The van der Waals surface area contributed by atoms with Crippen LogP contribution in [0.5, 0.6) is 5.75 Å². The van der Waals surface area contributed by atoms with Crippen LogP contribution in [0.4, 0.5) is 10.5 Å². The average molecular weight is 313 g/mol. The third-order valence-corrected chi connectivity index (χ3v) is 3.48. The maximum atomic E-state index is 11.9. The number of aromatic carboxylic acids is 1. The lowest BCUT2D eigenvalue weighted by Crippen LogP contribution is -2.26.